The van der Waals surface area contributed by atoms with E-state index in [0.29, 0.717) is 29.7 Å². The van der Waals surface area contributed by atoms with Gasteiger partial charge < -0.3 is 14.3 Å². The number of hydrogen-bond acceptors (Lipinski definition) is 5. The average Bonchev–Trinajstić information content (AvgIpc) is 3.24. The van der Waals surface area contributed by atoms with Crippen molar-refractivity contribution in [3.63, 3.8) is 0 Å². The van der Waals surface area contributed by atoms with Gasteiger partial charge in [-0.3, -0.25) is 0 Å². The molecule has 124 valence electrons. The summed E-state index contributed by atoms with van der Waals surface area (Å²) in [5.74, 6) is 0.612. The molecule has 0 aliphatic heterocycles. The number of rotatable bonds is 6. The molecule has 0 atom stereocenters. The summed E-state index contributed by atoms with van der Waals surface area (Å²) in [6.45, 7) is 4.71. The van der Waals surface area contributed by atoms with Crippen molar-refractivity contribution in [1.82, 2.24) is 14.8 Å². The number of benzene rings is 1. The summed E-state index contributed by atoms with van der Waals surface area (Å²) in [5, 5.41) is 13.1. The van der Waals surface area contributed by atoms with E-state index in [1.54, 1.807) is 6.20 Å². The summed E-state index contributed by atoms with van der Waals surface area (Å²) in [6.07, 6.45) is 5.72. The SMILES string of the molecule is CC(C)COc1ccc(-n2cc(C(=O)O)cn2)cc1-c1cnco1. The fourth-order valence-corrected chi connectivity index (χ4v) is 2.16. The van der Waals surface area contributed by atoms with E-state index in [4.69, 9.17) is 14.3 Å². The van der Waals surface area contributed by atoms with Crippen LogP contribution in [0.3, 0.4) is 0 Å². The lowest BCUT2D eigenvalue weighted by Gasteiger charge is -2.13. The Labute approximate surface area is 138 Å². The first kappa shape index (κ1) is 15.8. The van der Waals surface area contributed by atoms with Gasteiger partial charge >= 0.3 is 5.97 Å². The molecule has 7 heteroatoms. The highest BCUT2D eigenvalue weighted by atomic mass is 16.5. The molecular formula is C17H17N3O4. The molecule has 0 bridgehead atoms. The maximum absolute atomic E-state index is 11.0. The molecule has 2 aromatic heterocycles. The van der Waals surface area contributed by atoms with E-state index in [9.17, 15) is 4.79 Å². The summed E-state index contributed by atoms with van der Waals surface area (Å²) in [7, 11) is 0. The third-order valence-corrected chi connectivity index (χ3v) is 3.33. The van der Waals surface area contributed by atoms with E-state index >= 15 is 0 Å². The number of aromatic nitrogens is 3. The molecule has 2 heterocycles. The van der Waals surface area contributed by atoms with E-state index in [-0.39, 0.29) is 5.56 Å². The quantitative estimate of drug-likeness (QED) is 0.747. The van der Waals surface area contributed by atoms with Crippen LogP contribution in [-0.2, 0) is 0 Å². The van der Waals surface area contributed by atoms with Crippen LogP contribution < -0.4 is 4.74 Å². The molecule has 0 amide bonds. The summed E-state index contributed by atoms with van der Waals surface area (Å²) >= 11 is 0. The van der Waals surface area contributed by atoms with Crippen molar-refractivity contribution in [2.45, 2.75) is 13.8 Å². The van der Waals surface area contributed by atoms with E-state index in [1.807, 2.05) is 18.2 Å². The van der Waals surface area contributed by atoms with Gasteiger partial charge in [0.15, 0.2) is 12.2 Å². The number of carbonyl (C=O) groups is 1. The fraction of sp³-hybridized carbons (Fsp3) is 0.235. The Morgan fingerprint density at radius 3 is 2.83 bits per heavy atom. The van der Waals surface area contributed by atoms with Crippen LogP contribution in [0.25, 0.3) is 17.0 Å². The van der Waals surface area contributed by atoms with Gasteiger partial charge in [0.05, 0.1) is 35.8 Å². The number of ether oxygens (including phenoxy) is 1. The molecule has 1 N–H and O–H groups in total. The van der Waals surface area contributed by atoms with Gasteiger partial charge in [-0.2, -0.15) is 5.10 Å². The van der Waals surface area contributed by atoms with Crippen LogP contribution in [0.1, 0.15) is 24.2 Å². The molecule has 0 saturated heterocycles. The van der Waals surface area contributed by atoms with Crippen molar-refractivity contribution in [3.8, 4) is 22.8 Å². The molecule has 1 aromatic carbocycles. The molecule has 0 radical (unpaired) electrons. The predicted octanol–water partition coefficient (Wildman–Crippen LogP) is 3.26. The van der Waals surface area contributed by atoms with Crippen molar-refractivity contribution < 1.29 is 19.1 Å². The summed E-state index contributed by atoms with van der Waals surface area (Å²) < 4.78 is 12.7. The number of hydrogen-bond donors (Lipinski definition) is 1. The molecule has 0 aliphatic carbocycles. The minimum atomic E-state index is -1.02. The second kappa shape index (κ2) is 6.57. The molecule has 3 aromatic rings. The van der Waals surface area contributed by atoms with Gasteiger partial charge in [0.2, 0.25) is 0 Å². The second-order valence-corrected chi connectivity index (χ2v) is 5.73. The smallest absolute Gasteiger partial charge is 0.338 e. The zero-order valence-electron chi connectivity index (χ0n) is 13.3. The van der Waals surface area contributed by atoms with Gasteiger partial charge in [-0.25, -0.2) is 14.5 Å². The lowest BCUT2D eigenvalue weighted by atomic mass is 10.1. The van der Waals surface area contributed by atoms with Crippen molar-refractivity contribution in [2.75, 3.05) is 6.61 Å². The number of nitrogens with zero attached hydrogens (tertiary/aromatic N) is 3. The zero-order chi connectivity index (χ0) is 17.1. The first-order valence-corrected chi connectivity index (χ1v) is 7.48. The molecule has 0 unspecified atom stereocenters. The number of oxazole rings is 1. The van der Waals surface area contributed by atoms with Crippen LogP contribution >= 0.6 is 0 Å². The molecule has 7 nitrogen and oxygen atoms in total. The van der Waals surface area contributed by atoms with E-state index < -0.39 is 5.97 Å². The maximum atomic E-state index is 11.0. The van der Waals surface area contributed by atoms with Gasteiger partial charge in [-0.15, -0.1) is 0 Å². The largest absolute Gasteiger partial charge is 0.493 e. The third kappa shape index (κ3) is 3.29. The lowest BCUT2D eigenvalue weighted by molar-refractivity contribution is 0.0697. The Morgan fingerprint density at radius 2 is 2.21 bits per heavy atom. The summed E-state index contributed by atoms with van der Waals surface area (Å²) in [4.78, 5) is 14.9. The fourth-order valence-electron chi connectivity index (χ4n) is 2.16. The number of aromatic carboxylic acids is 1. The highest BCUT2D eigenvalue weighted by molar-refractivity contribution is 5.87. The number of carboxylic acids is 1. The van der Waals surface area contributed by atoms with Crippen LogP contribution in [0.2, 0.25) is 0 Å². The molecule has 3 rings (SSSR count). The van der Waals surface area contributed by atoms with Gasteiger partial charge in [-0.1, -0.05) is 13.8 Å². The van der Waals surface area contributed by atoms with Crippen LogP contribution in [0.5, 0.6) is 5.75 Å². The average molecular weight is 327 g/mol. The first-order chi connectivity index (χ1) is 11.5. The minimum Gasteiger partial charge on any atom is -0.493 e. The Hall–Kier alpha value is -3.09. The number of carboxylic acid groups (broad SMARTS) is 1. The first-order valence-electron chi connectivity index (χ1n) is 7.48. The molecule has 0 spiro atoms. The lowest BCUT2D eigenvalue weighted by Crippen LogP contribution is -2.06. The monoisotopic (exact) mass is 327 g/mol. The van der Waals surface area contributed by atoms with E-state index in [0.717, 1.165) is 5.56 Å². The molecular weight excluding hydrogens is 310 g/mol. The van der Waals surface area contributed by atoms with E-state index in [2.05, 4.69) is 23.9 Å². The topological polar surface area (TPSA) is 90.4 Å². The zero-order valence-corrected chi connectivity index (χ0v) is 13.3. The standard InChI is InChI=1S/C17H17N3O4/c1-11(2)9-23-15-4-3-13(5-14(15)16-7-18-10-24-16)20-8-12(6-19-20)17(21)22/h3-8,10-11H,9H2,1-2H3,(H,21,22). The summed E-state index contributed by atoms with van der Waals surface area (Å²) in [5.41, 5.74) is 1.56. The molecule has 0 fully saturated rings. The Kier molecular flexibility index (Phi) is 4.33. The normalized spacial score (nSPS) is 11.0. The Morgan fingerprint density at radius 1 is 1.38 bits per heavy atom. The molecule has 0 aliphatic rings. The van der Waals surface area contributed by atoms with Crippen LogP contribution in [0, 0.1) is 5.92 Å². The third-order valence-electron chi connectivity index (χ3n) is 3.33. The highest BCUT2D eigenvalue weighted by Gasteiger charge is 2.14. The minimum absolute atomic E-state index is 0.122. The molecule has 24 heavy (non-hydrogen) atoms. The van der Waals surface area contributed by atoms with Crippen LogP contribution in [0.4, 0.5) is 0 Å². The van der Waals surface area contributed by atoms with Crippen molar-refractivity contribution in [1.29, 1.82) is 0 Å². The Bertz CT molecular complexity index is 837. The van der Waals surface area contributed by atoms with Crippen molar-refractivity contribution >= 4 is 5.97 Å². The predicted molar refractivity (Wildman–Crippen MR) is 86.4 cm³/mol. The highest BCUT2D eigenvalue weighted by Crippen LogP contribution is 2.32. The summed E-state index contributed by atoms with van der Waals surface area (Å²) in [6, 6.07) is 5.46. The van der Waals surface area contributed by atoms with Crippen molar-refractivity contribution in [2.24, 2.45) is 5.92 Å². The van der Waals surface area contributed by atoms with Gasteiger partial charge in [0.25, 0.3) is 0 Å². The van der Waals surface area contributed by atoms with Gasteiger partial charge in [0.1, 0.15) is 5.75 Å². The van der Waals surface area contributed by atoms with Gasteiger partial charge in [-0.05, 0) is 24.1 Å². The van der Waals surface area contributed by atoms with Crippen LogP contribution in [-0.4, -0.2) is 32.4 Å². The Balaban J connectivity index is 2.00. The van der Waals surface area contributed by atoms with Crippen molar-refractivity contribution in [3.05, 3.63) is 48.7 Å². The molecule has 0 saturated carbocycles. The van der Waals surface area contributed by atoms with Crippen LogP contribution in [0.15, 0.2) is 47.6 Å². The van der Waals surface area contributed by atoms with Gasteiger partial charge in [0, 0.05) is 6.20 Å². The van der Waals surface area contributed by atoms with E-state index in [1.165, 1.54) is 23.5 Å². The second-order valence-electron chi connectivity index (χ2n) is 5.73. The maximum Gasteiger partial charge on any atom is 0.338 e.